The number of hydrogen-bond acceptors (Lipinski definition) is 8. The van der Waals surface area contributed by atoms with Crippen molar-refractivity contribution in [2.24, 2.45) is 0 Å². The van der Waals surface area contributed by atoms with E-state index < -0.39 is 10.0 Å². The van der Waals surface area contributed by atoms with Crippen LogP contribution in [-0.2, 0) is 16.6 Å². The number of carbonyl (C=O) groups excluding carboxylic acids is 1. The maximum atomic E-state index is 12.9. The molecule has 4 aromatic heterocycles. The van der Waals surface area contributed by atoms with Crippen LogP contribution < -0.4 is 14.9 Å². The fourth-order valence-corrected chi connectivity index (χ4v) is 5.31. The van der Waals surface area contributed by atoms with Crippen molar-refractivity contribution < 1.29 is 13.2 Å². The zero-order chi connectivity index (χ0) is 27.9. The van der Waals surface area contributed by atoms with Crippen molar-refractivity contribution >= 4 is 55.3 Å². The Morgan fingerprint density at radius 3 is 2.73 bits per heavy atom. The Bertz CT molecular complexity index is 1820. The van der Waals surface area contributed by atoms with Crippen LogP contribution in [0.5, 0.6) is 0 Å². The van der Waals surface area contributed by atoms with Gasteiger partial charge in [0.15, 0.2) is 0 Å². The van der Waals surface area contributed by atoms with E-state index in [0.29, 0.717) is 42.7 Å². The predicted molar refractivity (Wildman–Crippen MR) is 154 cm³/mol. The van der Waals surface area contributed by atoms with Crippen LogP contribution in [0.15, 0.2) is 61.1 Å². The first-order valence-corrected chi connectivity index (χ1v) is 14.7. The van der Waals surface area contributed by atoms with Gasteiger partial charge in [-0.2, -0.15) is 4.98 Å². The average Bonchev–Trinajstić information content (AvgIpc) is 3.56. The average molecular weight is 560 g/mol. The molecule has 13 heteroatoms. The number of amides is 1. The first kappa shape index (κ1) is 25.8. The quantitative estimate of drug-likeness (QED) is 0.276. The number of aromatic amines is 1. The van der Waals surface area contributed by atoms with Crippen LogP contribution >= 0.6 is 0 Å². The second-order valence-electron chi connectivity index (χ2n) is 9.79. The van der Waals surface area contributed by atoms with Gasteiger partial charge in [0.25, 0.3) is 5.91 Å². The molecule has 40 heavy (non-hydrogen) atoms. The molecule has 5 heterocycles. The monoisotopic (exact) mass is 559 g/mol. The van der Waals surface area contributed by atoms with E-state index in [4.69, 9.17) is 4.98 Å². The second kappa shape index (κ2) is 10.2. The van der Waals surface area contributed by atoms with Gasteiger partial charge in [0.1, 0.15) is 17.2 Å². The fraction of sp³-hybridized carbons (Fsp3) is 0.259. The van der Waals surface area contributed by atoms with E-state index >= 15 is 0 Å². The minimum atomic E-state index is -3.47. The van der Waals surface area contributed by atoms with Gasteiger partial charge in [0.2, 0.25) is 16.0 Å². The molecule has 0 bridgehead atoms. The maximum Gasteiger partial charge on any atom is 0.270 e. The van der Waals surface area contributed by atoms with Gasteiger partial charge in [-0.3, -0.25) is 9.10 Å². The molecule has 1 amide bonds. The third-order valence-electron chi connectivity index (χ3n) is 7.02. The van der Waals surface area contributed by atoms with Crippen LogP contribution in [0.2, 0.25) is 0 Å². The van der Waals surface area contributed by atoms with E-state index in [-0.39, 0.29) is 5.91 Å². The molecular weight excluding hydrogens is 530 g/mol. The molecule has 0 atom stereocenters. The SMILES string of the molecule is CN(c1ncccc1Cn1ccc2cnc(Nc3ccc4[nH]c(C(=O)N5CCNCC5)cc4c3)nc21)S(C)(=O)=O. The van der Waals surface area contributed by atoms with Crippen LogP contribution in [0.1, 0.15) is 16.1 Å². The van der Waals surface area contributed by atoms with E-state index in [0.717, 1.165) is 46.9 Å². The third kappa shape index (κ3) is 5.08. The number of nitrogens with one attached hydrogen (secondary N) is 3. The second-order valence-corrected chi connectivity index (χ2v) is 11.8. The first-order chi connectivity index (χ1) is 19.3. The highest BCUT2D eigenvalue weighted by Crippen LogP contribution is 2.25. The summed E-state index contributed by atoms with van der Waals surface area (Å²) in [5.41, 5.74) is 3.67. The smallest absolute Gasteiger partial charge is 0.270 e. The molecule has 1 aliphatic rings. The van der Waals surface area contributed by atoms with Crippen LogP contribution in [0.25, 0.3) is 21.9 Å². The molecular formula is C27H29N9O3S. The Labute approximate surface area is 231 Å². The van der Waals surface area contributed by atoms with Crippen molar-refractivity contribution in [1.29, 1.82) is 0 Å². The molecule has 6 rings (SSSR count). The lowest BCUT2D eigenvalue weighted by molar-refractivity contribution is 0.0731. The van der Waals surface area contributed by atoms with Gasteiger partial charge in [-0.15, -0.1) is 0 Å². The lowest BCUT2D eigenvalue weighted by atomic mass is 10.2. The molecule has 0 saturated carbocycles. The van der Waals surface area contributed by atoms with Crippen molar-refractivity contribution in [2.45, 2.75) is 6.54 Å². The van der Waals surface area contributed by atoms with E-state index in [1.807, 2.05) is 52.1 Å². The van der Waals surface area contributed by atoms with Crippen molar-refractivity contribution in [3.05, 3.63) is 72.3 Å². The molecule has 206 valence electrons. The normalized spacial score (nSPS) is 14.1. The van der Waals surface area contributed by atoms with E-state index in [1.165, 1.54) is 11.4 Å². The van der Waals surface area contributed by atoms with Crippen molar-refractivity contribution in [3.63, 3.8) is 0 Å². The number of H-pyrrole nitrogens is 1. The number of pyridine rings is 1. The van der Waals surface area contributed by atoms with Gasteiger partial charge < -0.3 is 25.1 Å². The molecule has 5 aromatic rings. The van der Waals surface area contributed by atoms with Crippen molar-refractivity contribution in [3.8, 4) is 0 Å². The number of anilines is 3. The Kier molecular flexibility index (Phi) is 6.60. The highest BCUT2D eigenvalue weighted by Gasteiger charge is 2.20. The molecule has 0 aliphatic carbocycles. The highest BCUT2D eigenvalue weighted by molar-refractivity contribution is 7.92. The number of nitrogens with zero attached hydrogens (tertiary/aromatic N) is 6. The Morgan fingerprint density at radius 2 is 1.93 bits per heavy atom. The molecule has 12 nitrogen and oxygen atoms in total. The Hall–Kier alpha value is -4.49. The number of rotatable bonds is 7. The summed E-state index contributed by atoms with van der Waals surface area (Å²) >= 11 is 0. The molecule has 3 N–H and O–H groups in total. The zero-order valence-electron chi connectivity index (χ0n) is 22.1. The van der Waals surface area contributed by atoms with Crippen LogP contribution in [0.3, 0.4) is 0 Å². The highest BCUT2D eigenvalue weighted by atomic mass is 32.2. The minimum absolute atomic E-state index is 0.00117. The number of hydrogen-bond donors (Lipinski definition) is 3. The number of fused-ring (bicyclic) bond motifs is 2. The van der Waals surface area contributed by atoms with E-state index in [9.17, 15) is 13.2 Å². The standard InChI is InChI=1S/C27H29N9O3S/c1-34(40(2,38)39)24-19(4-3-8-29-24)17-36-11-7-18-16-30-27(33-25(18)36)31-21-5-6-22-20(14-21)15-23(32-22)26(37)35-12-9-28-10-13-35/h3-8,11,14-16,28,32H,9-10,12-13,17H2,1-2H3,(H,30,31,33). The van der Waals surface area contributed by atoms with Gasteiger partial charge >= 0.3 is 0 Å². The van der Waals surface area contributed by atoms with Crippen LogP contribution in [-0.4, -0.2) is 83.2 Å². The first-order valence-electron chi connectivity index (χ1n) is 12.9. The molecule has 1 aliphatic heterocycles. The lowest BCUT2D eigenvalue weighted by Gasteiger charge is -2.26. The Morgan fingerprint density at radius 1 is 1.10 bits per heavy atom. The molecule has 1 aromatic carbocycles. The number of piperazine rings is 1. The van der Waals surface area contributed by atoms with Gasteiger partial charge in [-0.25, -0.2) is 18.4 Å². The zero-order valence-corrected chi connectivity index (χ0v) is 22.9. The van der Waals surface area contributed by atoms with Crippen molar-refractivity contribution in [1.82, 2.24) is 34.7 Å². The van der Waals surface area contributed by atoms with Crippen LogP contribution in [0, 0.1) is 0 Å². The molecule has 0 spiro atoms. The molecule has 0 unspecified atom stereocenters. The molecule has 0 radical (unpaired) electrons. The molecule has 1 fully saturated rings. The summed E-state index contributed by atoms with van der Waals surface area (Å²) in [4.78, 5) is 31.5. The number of carbonyl (C=O) groups is 1. The van der Waals surface area contributed by atoms with E-state index in [1.54, 1.807) is 18.5 Å². The van der Waals surface area contributed by atoms with Gasteiger partial charge in [0.05, 0.1) is 12.8 Å². The predicted octanol–water partition coefficient (Wildman–Crippen LogP) is 2.54. The maximum absolute atomic E-state index is 12.9. The summed E-state index contributed by atoms with van der Waals surface area (Å²) in [6.07, 6.45) is 6.36. The number of benzene rings is 1. The Balaban J connectivity index is 1.25. The topological polar surface area (TPSA) is 141 Å². The summed E-state index contributed by atoms with van der Waals surface area (Å²) in [6.45, 7) is 3.37. The summed E-state index contributed by atoms with van der Waals surface area (Å²) in [5, 5.41) is 8.29. The summed E-state index contributed by atoms with van der Waals surface area (Å²) < 4.78 is 27.4. The number of sulfonamides is 1. The molecule has 1 saturated heterocycles. The summed E-state index contributed by atoms with van der Waals surface area (Å²) in [7, 11) is -1.98. The largest absolute Gasteiger partial charge is 0.351 e. The van der Waals surface area contributed by atoms with Gasteiger partial charge in [-0.05, 0) is 36.4 Å². The van der Waals surface area contributed by atoms with Crippen molar-refractivity contribution in [2.75, 3.05) is 49.1 Å². The minimum Gasteiger partial charge on any atom is -0.351 e. The number of aromatic nitrogens is 5. The van der Waals surface area contributed by atoms with E-state index in [2.05, 4.69) is 25.6 Å². The summed E-state index contributed by atoms with van der Waals surface area (Å²) in [6, 6.07) is 13.2. The van der Waals surface area contributed by atoms with Gasteiger partial charge in [-0.1, -0.05) is 6.07 Å². The van der Waals surface area contributed by atoms with Crippen LogP contribution in [0.4, 0.5) is 17.5 Å². The lowest BCUT2D eigenvalue weighted by Crippen LogP contribution is -2.46. The third-order valence-corrected chi connectivity index (χ3v) is 8.19. The summed E-state index contributed by atoms with van der Waals surface area (Å²) in [5.74, 6) is 0.786. The van der Waals surface area contributed by atoms with Gasteiger partial charge in [0, 0.05) is 79.4 Å². The fourth-order valence-electron chi connectivity index (χ4n) is 4.83.